The van der Waals surface area contributed by atoms with Crippen LogP contribution in [0.25, 0.3) is 0 Å². The number of nitrogens with two attached hydrogens (primary N) is 1. The van der Waals surface area contributed by atoms with Gasteiger partial charge in [0.15, 0.2) is 0 Å². The van der Waals surface area contributed by atoms with Crippen molar-refractivity contribution < 1.29 is 9.53 Å². The maximum absolute atomic E-state index is 11.2. The molecule has 0 aliphatic heterocycles. The summed E-state index contributed by atoms with van der Waals surface area (Å²) >= 11 is 1.57. The van der Waals surface area contributed by atoms with Crippen LogP contribution in [0.2, 0.25) is 0 Å². The van der Waals surface area contributed by atoms with Gasteiger partial charge in [0, 0.05) is 10.6 Å². The Morgan fingerprint density at radius 3 is 2.87 bits per heavy atom. The Balaban J connectivity index is 2.74. The molecular formula is C11H15NO2S. The van der Waals surface area contributed by atoms with Gasteiger partial charge < -0.3 is 10.5 Å². The number of thioether (sulfide) groups is 1. The molecule has 3 nitrogen and oxygen atoms in total. The Kier molecular flexibility index (Phi) is 4.49. The first-order chi connectivity index (χ1) is 7.17. The van der Waals surface area contributed by atoms with Gasteiger partial charge in [0.1, 0.15) is 0 Å². The maximum Gasteiger partial charge on any atom is 0.310 e. The second-order valence-corrected chi connectivity index (χ2v) is 3.91. The second kappa shape index (κ2) is 5.66. The minimum Gasteiger partial charge on any atom is -0.466 e. The van der Waals surface area contributed by atoms with E-state index in [1.54, 1.807) is 18.7 Å². The summed E-state index contributed by atoms with van der Waals surface area (Å²) in [7, 11) is 0. The van der Waals surface area contributed by atoms with Gasteiger partial charge in [-0.05, 0) is 30.9 Å². The Morgan fingerprint density at radius 1 is 1.53 bits per heavy atom. The van der Waals surface area contributed by atoms with Crippen LogP contribution in [-0.4, -0.2) is 18.8 Å². The predicted octanol–water partition coefficient (Wildman–Crippen LogP) is 2.10. The highest BCUT2D eigenvalue weighted by atomic mass is 32.2. The van der Waals surface area contributed by atoms with E-state index in [1.165, 1.54) is 0 Å². The summed E-state index contributed by atoms with van der Waals surface area (Å²) in [6, 6.07) is 5.60. The summed E-state index contributed by atoms with van der Waals surface area (Å²) in [4.78, 5) is 12.2. The van der Waals surface area contributed by atoms with E-state index in [9.17, 15) is 4.79 Å². The minimum absolute atomic E-state index is 0.200. The molecule has 82 valence electrons. The molecule has 0 unspecified atom stereocenters. The number of hydrogen-bond acceptors (Lipinski definition) is 4. The number of ether oxygens (including phenoxy) is 1. The standard InChI is InChI=1S/C11H15NO2S/c1-3-14-11(13)7-8-4-5-9(12)10(6-8)15-2/h4-6H,3,7,12H2,1-2H3. The molecule has 0 saturated heterocycles. The first-order valence-corrected chi connectivity index (χ1v) is 5.97. The highest BCUT2D eigenvalue weighted by Gasteiger charge is 2.05. The maximum atomic E-state index is 11.2. The van der Waals surface area contributed by atoms with Crippen LogP contribution in [0.3, 0.4) is 0 Å². The van der Waals surface area contributed by atoms with Crippen molar-refractivity contribution in [3.63, 3.8) is 0 Å². The molecule has 0 amide bonds. The molecule has 0 aromatic heterocycles. The molecule has 2 N–H and O–H groups in total. The lowest BCUT2D eigenvalue weighted by atomic mass is 10.1. The van der Waals surface area contributed by atoms with Crippen molar-refractivity contribution in [2.45, 2.75) is 18.2 Å². The van der Waals surface area contributed by atoms with Gasteiger partial charge in [0.2, 0.25) is 0 Å². The van der Waals surface area contributed by atoms with E-state index in [4.69, 9.17) is 10.5 Å². The summed E-state index contributed by atoms with van der Waals surface area (Å²) in [6.45, 7) is 2.22. The van der Waals surface area contributed by atoms with Crippen LogP contribution in [0, 0.1) is 0 Å². The van der Waals surface area contributed by atoms with E-state index in [0.717, 1.165) is 16.1 Å². The highest BCUT2D eigenvalue weighted by Crippen LogP contribution is 2.23. The van der Waals surface area contributed by atoms with Crippen molar-refractivity contribution >= 4 is 23.4 Å². The number of carbonyl (C=O) groups is 1. The van der Waals surface area contributed by atoms with Crippen LogP contribution in [-0.2, 0) is 16.0 Å². The smallest absolute Gasteiger partial charge is 0.310 e. The van der Waals surface area contributed by atoms with Gasteiger partial charge in [-0.3, -0.25) is 4.79 Å². The third kappa shape index (κ3) is 3.47. The minimum atomic E-state index is -0.200. The summed E-state index contributed by atoms with van der Waals surface area (Å²) in [5, 5.41) is 0. The fourth-order valence-electron chi connectivity index (χ4n) is 1.24. The zero-order chi connectivity index (χ0) is 11.3. The molecule has 1 rings (SSSR count). The second-order valence-electron chi connectivity index (χ2n) is 3.06. The van der Waals surface area contributed by atoms with Gasteiger partial charge in [-0.25, -0.2) is 0 Å². The lowest BCUT2D eigenvalue weighted by Gasteiger charge is -2.06. The molecule has 0 saturated carbocycles. The fraction of sp³-hybridized carbons (Fsp3) is 0.364. The number of carbonyl (C=O) groups excluding carboxylic acids is 1. The van der Waals surface area contributed by atoms with Crippen LogP contribution in [0.5, 0.6) is 0 Å². The number of benzene rings is 1. The lowest BCUT2D eigenvalue weighted by Crippen LogP contribution is -2.07. The van der Waals surface area contributed by atoms with E-state index in [1.807, 2.05) is 24.5 Å². The molecular weight excluding hydrogens is 210 g/mol. The lowest BCUT2D eigenvalue weighted by molar-refractivity contribution is -0.142. The number of anilines is 1. The summed E-state index contributed by atoms with van der Waals surface area (Å²) in [5.41, 5.74) is 7.43. The largest absolute Gasteiger partial charge is 0.466 e. The van der Waals surface area contributed by atoms with Crippen molar-refractivity contribution in [2.24, 2.45) is 0 Å². The van der Waals surface area contributed by atoms with Gasteiger partial charge in [0.05, 0.1) is 13.0 Å². The van der Waals surface area contributed by atoms with Crippen LogP contribution >= 0.6 is 11.8 Å². The first kappa shape index (κ1) is 11.9. The average molecular weight is 225 g/mol. The molecule has 0 aliphatic carbocycles. The molecule has 0 heterocycles. The van der Waals surface area contributed by atoms with Crippen LogP contribution < -0.4 is 5.73 Å². The summed E-state index contributed by atoms with van der Waals surface area (Å²) in [6.07, 6.45) is 2.27. The Hall–Kier alpha value is -1.16. The van der Waals surface area contributed by atoms with Crippen molar-refractivity contribution in [3.8, 4) is 0 Å². The van der Waals surface area contributed by atoms with Gasteiger partial charge in [-0.2, -0.15) is 0 Å². The molecule has 1 aromatic carbocycles. The molecule has 0 atom stereocenters. The van der Waals surface area contributed by atoms with Gasteiger partial charge in [-0.1, -0.05) is 6.07 Å². The van der Waals surface area contributed by atoms with E-state index in [0.29, 0.717) is 13.0 Å². The van der Waals surface area contributed by atoms with E-state index >= 15 is 0 Å². The van der Waals surface area contributed by atoms with Crippen LogP contribution in [0.15, 0.2) is 23.1 Å². The Labute approximate surface area is 94.0 Å². The monoisotopic (exact) mass is 225 g/mol. The van der Waals surface area contributed by atoms with Crippen LogP contribution in [0.1, 0.15) is 12.5 Å². The molecule has 0 aliphatic rings. The Morgan fingerprint density at radius 2 is 2.27 bits per heavy atom. The van der Waals surface area contributed by atoms with Crippen molar-refractivity contribution in [1.29, 1.82) is 0 Å². The van der Waals surface area contributed by atoms with Crippen molar-refractivity contribution in [1.82, 2.24) is 0 Å². The van der Waals surface area contributed by atoms with Gasteiger partial charge in [0.25, 0.3) is 0 Å². The number of hydrogen-bond donors (Lipinski definition) is 1. The quantitative estimate of drug-likeness (QED) is 0.484. The number of esters is 1. The van der Waals surface area contributed by atoms with Gasteiger partial charge in [-0.15, -0.1) is 11.8 Å². The normalized spacial score (nSPS) is 10.0. The fourth-order valence-corrected chi connectivity index (χ4v) is 1.82. The summed E-state index contributed by atoms with van der Waals surface area (Å²) < 4.78 is 4.87. The molecule has 1 aromatic rings. The molecule has 0 spiro atoms. The Bertz CT molecular complexity index is 352. The molecule has 0 fully saturated rings. The topological polar surface area (TPSA) is 52.3 Å². The SMILES string of the molecule is CCOC(=O)Cc1ccc(N)c(SC)c1. The molecule has 0 radical (unpaired) electrons. The molecule has 4 heteroatoms. The van der Waals surface area contributed by atoms with Crippen molar-refractivity contribution in [2.75, 3.05) is 18.6 Å². The predicted molar refractivity (Wildman–Crippen MR) is 63.0 cm³/mol. The van der Waals surface area contributed by atoms with E-state index in [-0.39, 0.29) is 5.97 Å². The molecule has 15 heavy (non-hydrogen) atoms. The first-order valence-electron chi connectivity index (χ1n) is 4.75. The third-order valence-corrected chi connectivity index (χ3v) is 2.75. The third-order valence-electron chi connectivity index (χ3n) is 1.95. The zero-order valence-corrected chi connectivity index (χ0v) is 9.76. The average Bonchev–Trinajstić information content (AvgIpc) is 2.21. The zero-order valence-electron chi connectivity index (χ0n) is 8.95. The highest BCUT2D eigenvalue weighted by molar-refractivity contribution is 7.98. The van der Waals surface area contributed by atoms with Crippen LogP contribution in [0.4, 0.5) is 5.69 Å². The van der Waals surface area contributed by atoms with Gasteiger partial charge >= 0.3 is 5.97 Å². The van der Waals surface area contributed by atoms with E-state index in [2.05, 4.69) is 0 Å². The van der Waals surface area contributed by atoms with E-state index < -0.39 is 0 Å². The number of rotatable bonds is 4. The van der Waals surface area contributed by atoms with Crippen molar-refractivity contribution in [3.05, 3.63) is 23.8 Å². The summed E-state index contributed by atoms with van der Waals surface area (Å²) in [5.74, 6) is -0.200. The molecule has 0 bridgehead atoms. The number of nitrogen functional groups attached to an aromatic ring is 1.